The predicted molar refractivity (Wildman–Crippen MR) is 61.3 cm³/mol. The number of rotatable bonds is 2. The van der Waals surface area contributed by atoms with Crippen molar-refractivity contribution < 1.29 is 14.4 Å². The highest BCUT2D eigenvalue weighted by Gasteiger charge is 2.21. The molecule has 0 aliphatic carbocycles. The number of carbonyl (C=O) groups is 1. The molecule has 1 N–H and O–H groups in total. The van der Waals surface area contributed by atoms with Gasteiger partial charge in [-0.3, -0.25) is 0 Å². The van der Waals surface area contributed by atoms with Crippen LogP contribution in [0.15, 0.2) is 33.3 Å². The molecule has 0 fully saturated rings. The first-order chi connectivity index (χ1) is 7.61. The fourth-order valence-electron chi connectivity index (χ4n) is 1.42. The monoisotopic (exact) mass is 281 g/mol. The Morgan fingerprint density at radius 1 is 1.44 bits per heavy atom. The summed E-state index contributed by atoms with van der Waals surface area (Å²) in [6.45, 7) is 1.93. The maximum absolute atomic E-state index is 10.8. The van der Waals surface area contributed by atoms with Crippen LogP contribution in [0.4, 0.5) is 0 Å². The fraction of sp³-hybridized carbons (Fsp3) is 0.0909. The number of nitrogens with zero attached hydrogens (tertiary/aromatic N) is 1. The SMILES string of the molecule is Cc1ccccc1-c1noc(C(=O)O)c1Br. The third-order valence-corrected chi connectivity index (χ3v) is 2.97. The summed E-state index contributed by atoms with van der Waals surface area (Å²) in [4.78, 5) is 10.8. The summed E-state index contributed by atoms with van der Waals surface area (Å²) in [5, 5.41) is 12.6. The third-order valence-electron chi connectivity index (χ3n) is 2.23. The zero-order valence-corrected chi connectivity index (χ0v) is 9.98. The van der Waals surface area contributed by atoms with E-state index in [4.69, 9.17) is 9.63 Å². The normalized spacial score (nSPS) is 10.4. The van der Waals surface area contributed by atoms with Gasteiger partial charge >= 0.3 is 5.97 Å². The van der Waals surface area contributed by atoms with Crippen LogP contribution in [-0.2, 0) is 0 Å². The first-order valence-corrected chi connectivity index (χ1v) is 5.35. The van der Waals surface area contributed by atoms with Gasteiger partial charge in [0.1, 0.15) is 10.2 Å². The molecule has 82 valence electrons. The van der Waals surface area contributed by atoms with Crippen LogP contribution in [0.25, 0.3) is 11.3 Å². The van der Waals surface area contributed by atoms with Crippen LogP contribution in [0.2, 0.25) is 0 Å². The second kappa shape index (κ2) is 4.09. The molecule has 2 aromatic rings. The van der Waals surface area contributed by atoms with E-state index in [0.29, 0.717) is 10.2 Å². The average Bonchev–Trinajstić information content (AvgIpc) is 2.61. The summed E-state index contributed by atoms with van der Waals surface area (Å²) in [6.07, 6.45) is 0. The van der Waals surface area contributed by atoms with E-state index in [2.05, 4.69) is 21.1 Å². The van der Waals surface area contributed by atoms with E-state index in [1.165, 1.54) is 0 Å². The molecule has 1 heterocycles. The number of hydrogen-bond acceptors (Lipinski definition) is 3. The molecular weight excluding hydrogens is 274 g/mol. The van der Waals surface area contributed by atoms with Crippen LogP contribution < -0.4 is 0 Å². The summed E-state index contributed by atoms with van der Waals surface area (Å²) < 4.78 is 5.14. The first kappa shape index (κ1) is 10.9. The van der Waals surface area contributed by atoms with Gasteiger partial charge in [0.05, 0.1) is 0 Å². The highest BCUT2D eigenvalue weighted by Crippen LogP contribution is 2.32. The molecule has 0 amide bonds. The number of aromatic carboxylic acids is 1. The number of aromatic nitrogens is 1. The van der Waals surface area contributed by atoms with Crippen LogP contribution in [0.3, 0.4) is 0 Å². The van der Waals surface area contributed by atoms with E-state index in [0.717, 1.165) is 11.1 Å². The van der Waals surface area contributed by atoms with Crippen LogP contribution in [-0.4, -0.2) is 16.2 Å². The molecule has 0 atom stereocenters. The van der Waals surface area contributed by atoms with E-state index in [-0.39, 0.29) is 5.76 Å². The Balaban J connectivity index is 2.58. The molecule has 0 unspecified atom stereocenters. The lowest BCUT2D eigenvalue weighted by Crippen LogP contribution is -1.94. The third kappa shape index (κ3) is 1.74. The molecule has 0 aliphatic heterocycles. The molecule has 0 saturated heterocycles. The van der Waals surface area contributed by atoms with Crippen molar-refractivity contribution in [1.82, 2.24) is 5.16 Å². The van der Waals surface area contributed by atoms with Gasteiger partial charge < -0.3 is 9.63 Å². The summed E-state index contributed by atoms with van der Waals surface area (Å²) in [5.41, 5.74) is 2.37. The summed E-state index contributed by atoms with van der Waals surface area (Å²) >= 11 is 3.19. The van der Waals surface area contributed by atoms with Crippen molar-refractivity contribution >= 4 is 21.9 Å². The van der Waals surface area contributed by atoms with Gasteiger partial charge in [0, 0.05) is 5.56 Å². The second-order valence-corrected chi connectivity index (χ2v) is 4.09. The van der Waals surface area contributed by atoms with Crippen LogP contribution in [0.5, 0.6) is 0 Å². The Labute approximate surface area is 100 Å². The van der Waals surface area contributed by atoms with Crippen molar-refractivity contribution in [1.29, 1.82) is 0 Å². The predicted octanol–water partition coefficient (Wildman–Crippen LogP) is 3.11. The van der Waals surface area contributed by atoms with E-state index in [1.807, 2.05) is 31.2 Å². The number of halogens is 1. The average molecular weight is 282 g/mol. The van der Waals surface area contributed by atoms with Crippen LogP contribution >= 0.6 is 15.9 Å². The lowest BCUT2D eigenvalue weighted by atomic mass is 10.1. The Hall–Kier alpha value is -1.62. The topological polar surface area (TPSA) is 63.3 Å². The quantitative estimate of drug-likeness (QED) is 0.919. The smallest absolute Gasteiger partial charge is 0.375 e. The second-order valence-electron chi connectivity index (χ2n) is 3.29. The van der Waals surface area contributed by atoms with Gasteiger partial charge in [0.15, 0.2) is 0 Å². The van der Waals surface area contributed by atoms with Crippen molar-refractivity contribution in [3.05, 3.63) is 40.1 Å². The maximum atomic E-state index is 10.8. The van der Waals surface area contributed by atoms with Gasteiger partial charge in [0.25, 0.3) is 5.76 Å². The number of carboxylic acids is 1. The van der Waals surface area contributed by atoms with Gasteiger partial charge in [-0.2, -0.15) is 0 Å². The molecule has 1 aromatic heterocycles. The van der Waals surface area contributed by atoms with Crippen molar-refractivity contribution in [2.45, 2.75) is 6.92 Å². The van der Waals surface area contributed by atoms with Crippen molar-refractivity contribution in [2.75, 3.05) is 0 Å². The van der Waals surface area contributed by atoms with Gasteiger partial charge in [-0.25, -0.2) is 4.79 Å². The standard InChI is InChI=1S/C11H8BrNO3/c1-6-4-2-3-5-7(6)9-8(12)10(11(14)15)16-13-9/h2-5H,1H3,(H,14,15). The molecule has 16 heavy (non-hydrogen) atoms. The van der Waals surface area contributed by atoms with Crippen LogP contribution in [0, 0.1) is 6.92 Å². The zero-order valence-electron chi connectivity index (χ0n) is 8.40. The van der Waals surface area contributed by atoms with Gasteiger partial charge in [-0.05, 0) is 28.4 Å². The molecule has 0 bridgehead atoms. The zero-order chi connectivity index (χ0) is 11.7. The minimum absolute atomic E-state index is 0.182. The molecule has 0 saturated carbocycles. The molecule has 0 radical (unpaired) electrons. The number of aryl methyl sites for hydroxylation is 1. The summed E-state index contributed by atoms with van der Waals surface area (Å²) in [7, 11) is 0. The lowest BCUT2D eigenvalue weighted by Gasteiger charge is -2.00. The number of carboxylic acid groups (broad SMARTS) is 1. The Kier molecular flexibility index (Phi) is 2.78. The Morgan fingerprint density at radius 2 is 2.12 bits per heavy atom. The highest BCUT2D eigenvalue weighted by atomic mass is 79.9. The molecule has 5 heteroatoms. The summed E-state index contributed by atoms with van der Waals surface area (Å²) in [6, 6.07) is 7.56. The minimum Gasteiger partial charge on any atom is -0.475 e. The minimum atomic E-state index is -1.14. The van der Waals surface area contributed by atoms with E-state index >= 15 is 0 Å². The van der Waals surface area contributed by atoms with Gasteiger partial charge in [-0.1, -0.05) is 29.4 Å². The number of hydrogen-bond donors (Lipinski definition) is 1. The molecule has 2 rings (SSSR count). The van der Waals surface area contributed by atoms with Crippen molar-refractivity contribution in [2.24, 2.45) is 0 Å². The van der Waals surface area contributed by atoms with Gasteiger partial charge in [0.2, 0.25) is 0 Å². The first-order valence-electron chi connectivity index (χ1n) is 4.55. The molecule has 0 spiro atoms. The van der Waals surface area contributed by atoms with Crippen molar-refractivity contribution in [3.8, 4) is 11.3 Å². The van der Waals surface area contributed by atoms with Crippen molar-refractivity contribution in [3.63, 3.8) is 0 Å². The molecule has 0 aliphatic rings. The van der Waals surface area contributed by atoms with E-state index < -0.39 is 5.97 Å². The largest absolute Gasteiger partial charge is 0.475 e. The van der Waals surface area contributed by atoms with E-state index in [1.54, 1.807) is 0 Å². The Bertz CT molecular complexity index is 548. The van der Waals surface area contributed by atoms with E-state index in [9.17, 15) is 4.79 Å². The summed E-state index contributed by atoms with van der Waals surface area (Å²) in [5.74, 6) is -1.32. The lowest BCUT2D eigenvalue weighted by molar-refractivity contribution is 0.0650. The number of benzene rings is 1. The molecule has 1 aromatic carbocycles. The fourth-order valence-corrected chi connectivity index (χ4v) is 1.95. The molecular formula is C11H8BrNO3. The maximum Gasteiger partial charge on any atom is 0.375 e. The van der Waals surface area contributed by atoms with Crippen LogP contribution in [0.1, 0.15) is 16.1 Å². The highest BCUT2D eigenvalue weighted by molar-refractivity contribution is 9.10. The molecule has 4 nitrogen and oxygen atoms in total. The Morgan fingerprint density at radius 3 is 2.69 bits per heavy atom. The van der Waals surface area contributed by atoms with Gasteiger partial charge in [-0.15, -0.1) is 0 Å².